The quantitative estimate of drug-likeness (QED) is 0.810. The van der Waals surface area contributed by atoms with Crippen molar-refractivity contribution in [1.29, 1.82) is 0 Å². The van der Waals surface area contributed by atoms with Crippen molar-refractivity contribution in [2.75, 3.05) is 37.9 Å². The van der Waals surface area contributed by atoms with Crippen molar-refractivity contribution in [1.82, 2.24) is 0 Å². The Hall–Kier alpha value is -0.680. The lowest BCUT2D eigenvalue weighted by Gasteiger charge is -2.24. The number of halogens is 2. The third-order valence-electron chi connectivity index (χ3n) is 2.32. The van der Waals surface area contributed by atoms with E-state index >= 15 is 0 Å². The van der Waals surface area contributed by atoms with Gasteiger partial charge >= 0.3 is 0 Å². The molecule has 17 heavy (non-hydrogen) atoms. The maximum Gasteiger partial charge on any atom is 0.0947 e. The van der Waals surface area contributed by atoms with Crippen LogP contribution in [-0.4, -0.2) is 38.5 Å². The molecule has 0 bridgehead atoms. The fraction of sp³-hybridized carbons (Fsp3) is 0.455. The smallest absolute Gasteiger partial charge is 0.0947 e. The summed E-state index contributed by atoms with van der Waals surface area (Å²) >= 11 is 11.8. The van der Waals surface area contributed by atoms with E-state index in [0.29, 0.717) is 22.3 Å². The summed E-state index contributed by atoms with van der Waals surface area (Å²) in [4.78, 5) is 1.81. The molecule has 1 aromatic rings. The molecule has 0 saturated carbocycles. The average molecular weight is 279 g/mol. The molecule has 0 heterocycles. The Morgan fingerprint density at radius 1 is 1.41 bits per heavy atom. The summed E-state index contributed by atoms with van der Waals surface area (Å²) in [6, 6.07) is 3.27. The molecule has 0 fully saturated rings. The number of nitrogens with two attached hydrogens (primary N) is 1. The predicted octanol–water partition coefficient (Wildman–Crippen LogP) is 2.02. The molecule has 0 aliphatic rings. The Kier molecular flexibility index (Phi) is 5.33. The molecular formula is C11H16Cl2N2O2. The van der Waals surface area contributed by atoms with Crippen LogP contribution in [0.2, 0.25) is 10.0 Å². The first kappa shape index (κ1) is 14.4. The number of aliphatic hydroxyl groups is 1. The Morgan fingerprint density at radius 3 is 2.59 bits per heavy atom. The van der Waals surface area contributed by atoms with Crippen LogP contribution in [0.4, 0.5) is 11.4 Å². The monoisotopic (exact) mass is 278 g/mol. The van der Waals surface area contributed by atoms with Gasteiger partial charge in [-0.1, -0.05) is 23.2 Å². The van der Waals surface area contributed by atoms with Gasteiger partial charge in [0.1, 0.15) is 0 Å². The van der Waals surface area contributed by atoms with E-state index < -0.39 is 6.10 Å². The van der Waals surface area contributed by atoms with Crippen LogP contribution in [0.15, 0.2) is 12.1 Å². The summed E-state index contributed by atoms with van der Waals surface area (Å²) in [5, 5.41) is 10.5. The van der Waals surface area contributed by atoms with Crippen molar-refractivity contribution >= 4 is 34.6 Å². The summed E-state index contributed by atoms with van der Waals surface area (Å²) < 4.78 is 4.86. The van der Waals surface area contributed by atoms with Gasteiger partial charge in [-0.3, -0.25) is 0 Å². The number of methoxy groups -OCH3 is 1. The molecular weight excluding hydrogens is 263 g/mol. The summed E-state index contributed by atoms with van der Waals surface area (Å²) in [5.74, 6) is 0. The van der Waals surface area contributed by atoms with Gasteiger partial charge in [-0.2, -0.15) is 0 Å². The molecule has 0 aromatic heterocycles. The van der Waals surface area contributed by atoms with Gasteiger partial charge in [-0.15, -0.1) is 0 Å². The number of likely N-dealkylation sites (N-methyl/N-ethyl adjacent to an activating group) is 1. The van der Waals surface area contributed by atoms with E-state index in [2.05, 4.69) is 0 Å². The lowest BCUT2D eigenvalue weighted by atomic mass is 10.2. The third-order valence-corrected chi connectivity index (χ3v) is 3.05. The molecule has 6 heteroatoms. The fourth-order valence-electron chi connectivity index (χ4n) is 1.54. The lowest BCUT2D eigenvalue weighted by Crippen LogP contribution is -2.32. The van der Waals surface area contributed by atoms with E-state index in [-0.39, 0.29) is 6.61 Å². The van der Waals surface area contributed by atoms with Crippen LogP contribution < -0.4 is 10.6 Å². The lowest BCUT2D eigenvalue weighted by molar-refractivity contribution is 0.0695. The number of rotatable bonds is 5. The van der Waals surface area contributed by atoms with Crippen molar-refractivity contribution in [3.63, 3.8) is 0 Å². The fourth-order valence-corrected chi connectivity index (χ4v) is 1.87. The highest BCUT2D eigenvalue weighted by molar-refractivity contribution is 6.42. The largest absolute Gasteiger partial charge is 0.397 e. The first-order valence-electron chi connectivity index (χ1n) is 5.08. The van der Waals surface area contributed by atoms with Crippen LogP contribution >= 0.6 is 23.2 Å². The predicted molar refractivity (Wildman–Crippen MR) is 72.0 cm³/mol. The van der Waals surface area contributed by atoms with Crippen LogP contribution in [-0.2, 0) is 4.74 Å². The Bertz CT molecular complexity index is 388. The van der Waals surface area contributed by atoms with Crippen molar-refractivity contribution in [3.05, 3.63) is 22.2 Å². The van der Waals surface area contributed by atoms with Gasteiger partial charge in [0, 0.05) is 20.7 Å². The zero-order valence-corrected chi connectivity index (χ0v) is 11.3. The second kappa shape index (κ2) is 6.31. The molecule has 96 valence electrons. The van der Waals surface area contributed by atoms with Gasteiger partial charge in [-0.05, 0) is 12.1 Å². The molecule has 1 atom stereocenters. The van der Waals surface area contributed by atoms with Crippen molar-refractivity contribution in [2.45, 2.75) is 6.10 Å². The number of nitrogen functional groups attached to an aromatic ring is 1. The molecule has 1 rings (SSSR count). The second-order valence-electron chi connectivity index (χ2n) is 3.81. The summed E-state index contributed by atoms with van der Waals surface area (Å²) in [7, 11) is 3.35. The highest BCUT2D eigenvalue weighted by atomic mass is 35.5. The van der Waals surface area contributed by atoms with Gasteiger partial charge in [-0.25, -0.2) is 0 Å². The van der Waals surface area contributed by atoms with Crippen LogP contribution in [0.25, 0.3) is 0 Å². The molecule has 4 nitrogen and oxygen atoms in total. The molecule has 0 aliphatic heterocycles. The summed E-state index contributed by atoms with van der Waals surface area (Å²) in [5.41, 5.74) is 7.09. The minimum Gasteiger partial charge on any atom is -0.397 e. The maximum atomic E-state index is 9.63. The minimum atomic E-state index is -0.584. The SMILES string of the molecule is COCC(O)CN(C)c1cc(Cl)c(Cl)cc1N. The maximum absolute atomic E-state index is 9.63. The number of nitrogens with zero attached hydrogens (tertiary/aromatic N) is 1. The van der Waals surface area contributed by atoms with Crippen molar-refractivity contribution < 1.29 is 9.84 Å². The summed E-state index contributed by atoms with van der Waals surface area (Å²) in [6.07, 6.45) is -0.584. The average Bonchev–Trinajstić information content (AvgIpc) is 2.23. The Balaban J connectivity index is 2.81. The third kappa shape index (κ3) is 3.92. The van der Waals surface area contributed by atoms with Crippen LogP contribution in [0.5, 0.6) is 0 Å². The normalized spacial score (nSPS) is 12.5. The van der Waals surface area contributed by atoms with Gasteiger partial charge in [0.15, 0.2) is 0 Å². The van der Waals surface area contributed by atoms with E-state index in [1.54, 1.807) is 17.0 Å². The first-order valence-corrected chi connectivity index (χ1v) is 5.84. The number of hydrogen-bond donors (Lipinski definition) is 2. The minimum absolute atomic E-state index is 0.269. The van der Waals surface area contributed by atoms with E-state index in [9.17, 15) is 5.11 Å². The van der Waals surface area contributed by atoms with Crippen molar-refractivity contribution in [2.24, 2.45) is 0 Å². The molecule has 0 spiro atoms. The van der Waals surface area contributed by atoms with Crippen LogP contribution in [0, 0.1) is 0 Å². The van der Waals surface area contributed by atoms with E-state index in [0.717, 1.165) is 5.69 Å². The van der Waals surface area contributed by atoms with Crippen molar-refractivity contribution in [3.8, 4) is 0 Å². The Labute approximate surface area is 111 Å². The number of ether oxygens (including phenoxy) is 1. The standard InChI is InChI=1S/C11H16Cl2N2O2/c1-15(5-7(16)6-17-2)11-4-9(13)8(12)3-10(11)14/h3-4,7,16H,5-6,14H2,1-2H3. The van der Waals surface area contributed by atoms with Crippen LogP contribution in [0.1, 0.15) is 0 Å². The molecule has 1 aromatic carbocycles. The molecule has 0 aliphatic carbocycles. The molecule has 3 N–H and O–H groups in total. The van der Waals surface area contributed by atoms with Gasteiger partial charge in [0.2, 0.25) is 0 Å². The zero-order chi connectivity index (χ0) is 13.0. The second-order valence-corrected chi connectivity index (χ2v) is 4.63. The highest BCUT2D eigenvalue weighted by Gasteiger charge is 2.13. The number of anilines is 2. The first-order chi connectivity index (χ1) is 7.95. The van der Waals surface area contributed by atoms with E-state index in [1.807, 2.05) is 7.05 Å². The van der Waals surface area contributed by atoms with Gasteiger partial charge in [0.25, 0.3) is 0 Å². The summed E-state index contributed by atoms with van der Waals surface area (Å²) in [6.45, 7) is 0.668. The Morgan fingerprint density at radius 2 is 2.00 bits per heavy atom. The highest BCUT2D eigenvalue weighted by Crippen LogP contribution is 2.32. The number of hydrogen-bond acceptors (Lipinski definition) is 4. The molecule has 0 saturated heterocycles. The van der Waals surface area contributed by atoms with Gasteiger partial charge < -0.3 is 20.5 Å². The molecule has 1 unspecified atom stereocenters. The van der Waals surface area contributed by atoms with E-state index in [4.69, 9.17) is 33.7 Å². The topological polar surface area (TPSA) is 58.7 Å². The number of benzene rings is 1. The zero-order valence-electron chi connectivity index (χ0n) is 9.78. The molecule has 0 amide bonds. The molecule has 0 radical (unpaired) electrons. The van der Waals surface area contributed by atoms with E-state index in [1.165, 1.54) is 7.11 Å². The van der Waals surface area contributed by atoms with Gasteiger partial charge in [0.05, 0.1) is 34.1 Å². The van der Waals surface area contributed by atoms with Crippen LogP contribution in [0.3, 0.4) is 0 Å². The number of aliphatic hydroxyl groups excluding tert-OH is 1.